The molecule has 0 rings (SSSR count). The quantitative estimate of drug-likeness (QED) is 0.293. The summed E-state index contributed by atoms with van der Waals surface area (Å²) in [6.07, 6.45) is 0.570. The summed E-state index contributed by atoms with van der Waals surface area (Å²) in [7, 11) is 3.81. The van der Waals surface area contributed by atoms with Crippen molar-refractivity contribution in [2.45, 2.75) is 6.42 Å². The number of hydrogen-bond donors (Lipinski definition) is 0. The number of hydrogen-bond acceptors (Lipinski definition) is 3. The van der Waals surface area contributed by atoms with Crippen LogP contribution in [0.2, 0.25) is 0 Å². The Morgan fingerprint density at radius 3 is 2.45 bits per heavy atom. The van der Waals surface area contributed by atoms with Gasteiger partial charge in [0.15, 0.2) is 0 Å². The monoisotopic (exact) mass is 147 g/mol. The largest absolute Gasteiger partial charge is 1.00 e. The summed E-state index contributed by atoms with van der Waals surface area (Å²) in [5.41, 5.74) is 0. The van der Waals surface area contributed by atoms with Crippen molar-refractivity contribution in [3.05, 3.63) is 0 Å². The van der Waals surface area contributed by atoms with E-state index in [0.29, 0.717) is 6.42 Å². The van der Waals surface area contributed by atoms with Crippen molar-refractivity contribution >= 4 is 5.97 Å². The maximum atomic E-state index is 9.75. The minimum absolute atomic E-state index is 0. The number of carbonyl (C=O) groups is 1. The molecule has 0 aromatic rings. The van der Waals surface area contributed by atoms with Crippen LogP contribution in [0.15, 0.2) is 0 Å². The second-order valence-electron chi connectivity index (χ2n) is 2.14. The maximum absolute atomic E-state index is 9.75. The van der Waals surface area contributed by atoms with Crippen LogP contribution in [0.5, 0.6) is 0 Å². The molecule has 0 aromatic carbocycles. The van der Waals surface area contributed by atoms with E-state index in [0.717, 1.165) is 6.54 Å². The molecule has 0 radical (unpaired) electrons. The molecule has 0 saturated heterocycles. The topological polar surface area (TPSA) is 43.4 Å². The predicted molar refractivity (Wildman–Crippen MR) is 36.0 cm³/mol. The first kappa shape index (κ1) is 13.2. The molecule has 4 heteroatoms. The summed E-state index contributed by atoms with van der Waals surface area (Å²) < 4.78 is 0. The third-order valence-corrected chi connectivity index (χ3v) is 0.874. The molecule has 0 unspecified atom stereocenters. The first-order valence-corrected chi connectivity index (χ1v) is 2.97. The minimum Gasteiger partial charge on any atom is -0.537 e. The van der Waals surface area contributed by atoms with Gasteiger partial charge >= 0.3 is 18.9 Å². The molecule has 0 atom stereocenters. The van der Waals surface area contributed by atoms with Crippen molar-refractivity contribution < 1.29 is 28.8 Å². The molecule has 0 spiro atoms. The fourth-order valence-corrected chi connectivity index (χ4v) is 0.414. The molecular weight excluding hydrogens is 137 g/mol. The summed E-state index contributed by atoms with van der Waals surface area (Å²) in [6, 6.07) is 0. The third kappa shape index (κ3) is 12.7. The number of carboxylic acids is 1. The van der Waals surface area contributed by atoms with Crippen LogP contribution in [0.3, 0.4) is 0 Å². The normalized spacial score (nSPS) is 7.91. The Balaban J connectivity index is 0. The Morgan fingerprint density at radius 1 is 1.55 bits per heavy atom. The van der Waals surface area contributed by atoms with Crippen LogP contribution in [0, 0.1) is 11.8 Å². The second-order valence-corrected chi connectivity index (χ2v) is 2.14. The smallest absolute Gasteiger partial charge is 0.537 e. The first-order chi connectivity index (χ1) is 4.63. The van der Waals surface area contributed by atoms with Crippen LogP contribution < -0.4 is 24.0 Å². The van der Waals surface area contributed by atoms with Gasteiger partial charge in [0.05, 0.1) is 0 Å². The van der Waals surface area contributed by atoms with Crippen molar-refractivity contribution in [3.63, 3.8) is 0 Å². The average molecular weight is 147 g/mol. The molecule has 0 aromatic heterocycles. The Bertz CT molecular complexity index is 169. The molecular formula is C7H10LiNO2. The summed E-state index contributed by atoms with van der Waals surface area (Å²) in [5, 5.41) is 9.75. The van der Waals surface area contributed by atoms with E-state index in [4.69, 9.17) is 0 Å². The van der Waals surface area contributed by atoms with Gasteiger partial charge in [-0.3, -0.25) is 0 Å². The van der Waals surface area contributed by atoms with Crippen molar-refractivity contribution in [1.82, 2.24) is 4.90 Å². The molecule has 0 aliphatic carbocycles. The summed E-state index contributed by atoms with van der Waals surface area (Å²) >= 11 is 0. The van der Waals surface area contributed by atoms with Gasteiger partial charge in [-0.1, -0.05) is 5.92 Å². The molecule has 0 fully saturated rings. The number of nitrogens with zero attached hydrogens (tertiary/aromatic N) is 1. The van der Waals surface area contributed by atoms with E-state index in [1.165, 1.54) is 0 Å². The second kappa shape index (κ2) is 7.69. The standard InChI is InChI=1S/C7H11NO2.Li/c1-8(2)6-4-3-5-7(9)10;/h4,6H2,1-2H3,(H,9,10);/q;+1/p-1. The molecule has 56 valence electrons. The summed E-state index contributed by atoms with van der Waals surface area (Å²) in [4.78, 5) is 11.7. The van der Waals surface area contributed by atoms with Gasteiger partial charge in [-0.2, -0.15) is 0 Å². The summed E-state index contributed by atoms with van der Waals surface area (Å²) in [6.45, 7) is 0.778. The van der Waals surface area contributed by atoms with E-state index < -0.39 is 5.97 Å². The Labute approximate surface area is 78.9 Å². The van der Waals surface area contributed by atoms with Crippen molar-refractivity contribution in [2.24, 2.45) is 0 Å². The minimum atomic E-state index is -1.31. The van der Waals surface area contributed by atoms with Gasteiger partial charge in [0.1, 0.15) is 5.97 Å². The molecule has 0 saturated carbocycles. The fourth-order valence-electron chi connectivity index (χ4n) is 0.414. The molecule has 0 aliphatic rings. The number of carboxylic acid groups (broad SMARTS) is 1. The molecule has 0 amide bonds. The summed E-state index contributed by atoms with van der Waals surface area (Å²) in [5.74, 6) is 3.09. The van der Waals surface area contributed by atoms with Crippen LogP contribution >= 0.6 is 0 Å². The van der Waals surface area contributed by atoms with E-state index in [1.807, 2.05) is 24.9 Å². The van der Waals surface area contributed by atoms with E-state index in [9.17, 15) is 9.90 Å². The Morgan fingerprint density at radius 2 is 2.09 bits per heavy atom. The molecule has 0 N–H and O–H groups in total. The van der Waals surface area contributed by atoms with Crippen LogP contribution in [-0.4, -0.2) is 31.5 Å². The zero-order valence-electron chi connectivity index (χ0n) is 7.18. The van der Waals surface area contributed by atoms with Gasteiger partial charge in [-0.15, -0.1) is 0 Å². The van der Waals surface area contributed by atoms with Crippen LogP contribution in [0.1, 0.15) is 6.42 Å². The van der Waals surface area contributed by atoms with E-state index >= 15 is 0 Å². The van der Waals surface area contributed by atoms with Crippen molar-refractivity contribution in [2.75, 3.05) is 20.6 Å². The molecule has 0 heterocycles. The molecule has 0 bridgehead atoms. The number of rotatable bonds is 2. The zero-order valence-corrected chi connectivity index (χ0v) is 7.18. The predicted octanol–water partition coefficient (Wildman–Crippen LogP) is -4.30. The number of carbonyl (C=O) groups excluding carboxylic acids is 1. The van der Waals surface area contributed by atoms with Crippen molar-refractivity contribution in [3.8, 4) is 11.8 Å². The van der Waals surface area contributed by atoms with Gasteiger partial charge in [-0.25, -0.2) is 0 Å². The zero-order chi connectivity index (χ0) is 7.98. The van der Waals surface area contributed by atoms with Crippen LogP contribution in [0.4, 0.5) is 0 Å². The number of aliphatic carboxylic acids is 1. The van der Waals surface area contributed by atoms with Crippen LogP contribution in [-0.2, 0) is 4.79 Å². The Kier molecular flexibility index (Phi) is 9.23. The Hall–Kier alpha value is -0.413. The maximum Gasteiger partial charge on any atom is 1.00 e. The van der Waals surface area contributed by atoms with Gasteiger partial charge in [0.25, 0.3) is 0 Å². The molecule has 3 nitrogen and oxygen atoms in total. The van der Waals surface area contributed by atoms with E-state index in [2.05, 4.69) is 5.92 Å². The van der Waals surface area contributed by atoms with Gasteiger partial charge in [0, 0.05) is 13.0 Å². The van der Waals surface area contributed by atoms with Crippen LogP contribution in [0.25, 0.3) is 0 Å². The fraction of sp³-hybridized carbons (Fsp3) is 0.571. The molecule has 0 aliphatic heterocycles. The van der Waals surface area contributed by atoms with Gasteiger partial charge < -0.3 is 14.8 Å². The first-order valence-electron chi connectivity index (χ1n) is 2.97. The SMILES string of the molecule is CN(C)CCC#CC(=O)[O-].[Li+]. The van der Waals surface area contributed by atoms with Gasteiger partial charge in [-0.05, 0) is 20.0 Å². The van der Waals surface area contributed by atoms with Crippen molar-refractivity contribution in [1.29, 1.82) is 0 Å². The van der Waals surface area contributed by atoms with E-state index in [1.54, 1.807) is 0 Å². The van der Waals surface area contributed by atoms with E-state index in [-0.39, 0.29) is 18.9 Å². The third-order valence-electron chi connectivity index (χ3n) is 0.874. The average Bonchev–Trinajstić information content (AvgIpc) is 1.79. The molecule has 11 heavy (non-hydrogen) atoms. The van der Waals surface area contributed by atoms with Gasteiger partial charge in [0.2, 0.25) is 0 Å².